The van der Waals surface area contributed by atoms with Crippen LogP contribution < -0.4 is 10.2 Å². The van der Waals surface area contributed by atoms with Gasteiger partial charge in [-0.15, -0.1) is 0 Å². The van der Waals surface area contributed by atoms with Crippen LogP contribution in [0.4, 0.5) is 11.5 Å². The Labute approximate surface area is 111 Å². The minimum absolute atomic E-state index is 0.0284. The molecule has 1 fully saturated rings. The summed E-state index contributed by atoms with van der Waals surface area (Å²) in [5, 5.41) is 14.4. The van der Waals surface area contributed by atoms with Gasteiger partial charge in [-0.1, -0.05) is 0 Å². The third-order valence-electron chi connectivity index (χ3n) is 3.13. The van der Waals surface area contributed by atoms with Crippen LogP contribution in [-0.4, -0.2) is 49.3 Å². The summed E-state index contributed by atoms with van der Waals surface area (Å²) >= 11 is 0. The average Bonchev–Trinajstić information content (AvgIpc) is 2.39. The number of ether oxygens (including phenoxy) is 1. The van der Waals surface area contributed by atoms with Gasteiger partial charge in [-0.3, -0.25) is 10.1 Å². The first-order valence-electron chi connectivity index (χ1n) is 6.23. The van der Waals surface area contributed by atoms with Crippen molar-refractivity contribution in [1.82, 2.24) is 10.3 Å². The zero-order chi connectivity index (χ0) is 13.8. The summed E-state index contributed by atoms with van der Waals surface area (Å²) in [6.07, 6.45) is 1.62. The van der Waals surface area contributed by atoms with Crippen LogP contribution in [-0.2, 0) is 4.74 Å². The molecule has 2 heterocycles. The monoisotopic (exact) mass is 266 g/mol. The number of anilines is 1. The van der Waals surface area contributed by atoms with E-state index in [4.69, 9.17) is 4.74 Å². The lowest BCUT2D eigenvalue weighted by Gasteiger charge is -2.28. The molecule has 7 nitrogen and oxygen atoms in total. The van der Waals surface area contributed by atoms with Crippen LogP contribution in [0, 0.1) is 17.0 Å². The van der Waals surface area contributed by atoms with E-state index in [1.807, 2.05) is 0 Å². The first kappa shape index (κ1) is 13.7. The van der Waals surface area contributed by atoms with Gasteiger partial charge < -0.3 is 15.0 Å². The molecule has 0 amide bonds. The standard InChI is InChI=1S/C12H18N4O3/c1-9-3-4-14-12(11(9)16(17)18)15(2)8-10-7-13-5-6-19-10/h3-4,10,13H,5-8H2,1-2H3. The van der Waals surface area contributed by atoms with Gasteiger partial charge >= 0.3 is 5.69 Å². The second-order valence-corrected chi connectivity index (χ2v) is 4.63. The lowest BCUT2D eigenvalue weighted by molar-refractivity contribution is -0.384. The maximum Gasteiger partial charge on any atom is 0.314 e. The summed E-state index contributed by atoms with van der Waals surface area (Å²) in [5.74, 6) is 0.388. The number of nitro groups is 1. The Bertz CT molecular complexity index is 460. The Morgan fingerprint density at radius 3 is 3.11 bits per heavy atom. The summed E-state index contributed by atoms with van der Waals surface area (Å²) < 4.78 is 5.60. The highest BCUT2D eigenvalue weighted by Gasteiger charge is 2.24. The van der Waals surface area contributed by atoms with Gasteiger partial charge in [0.05, 0.1) is 17.6 Å². The van der Waals surface area contributed by atoms with Gasteiger partial charge in [-0.2, -0.15) is 0 Å². The van der Waals surface area contributed by atoms with Crippen molar-refractivity contribution in [2.75, 3.05) is 38.2 Å². The van der Waals surface area contributed by atoms with Crippen molar-refractivity contribution in [3.05, 3.63) is 27.9 Å². The third kappa shape index (κ3) is 3.18. The van der Waals surface area contributed by atoms with E-state index in [9.17, 15) is 10.1 Å². The molecule has 0 aromatic carbocycles. The largest absolute Gasteiger partial charge is 0.374 e. The fourth-order valence-corrected chi connectivity index (χ4v) is 2.17. The molecule has 0 radical (unpaired) electrons. The number of hydrogen-bond acceptors (Lipinski definition) is 6. The summed E-state index contributed by atoms with van der Waals surface area (Å²) in [6.45, 7) is 4.56. The number of rotatable bonds is 4. The molecule has 2 rings (SSSR count). The number of aromatic nitrogens is 1. The molecule has 1 aromatic rings. The van der Waals surface area contributed by atoms with Crippen molar-refractivity contribution < 1.29 is 9.66 Å². The van der Waals surface area contributed by atoms with Crippen LogP contribution in [0.2, 0.25) is 0 Å². The van der Waals surface area contributed by atoms with Crippen molar-refractivity contribution in [2.24, 2.45) is 0 Å². The molecule has 7 heteroatoms. The molecule has 1 aliphatic rings. The smallest absolute Gasteiger partial charge is 0.314 e. The number of pyridine rings is 1. The van der Waals surface area contributed by atoms with E-state index in [2.05, 4.69) is 10.3 Å². The number of likely N-dealkylation sites (N-methyl/N-ethyl adjacent to an activating group) is 1. The minimum atomic E-state index is -0.381. The van der Waals surface area contributed by atoms with Crippen LogP contribution >= 0.6 is 0 Å². The highest BCUT2D eigenvalue weighted by Crippen LogP contribution is 2.28. The van der Waals surface area contributed by atoms with Gasteiger partial charge in [0.25, 0.3) is 0 Å². The summed E-state index contributed by atoms with van der Waals surface area (Å²) in [4.78, 5) is 16.7. The molecule has 1 unspecified atom stereocenters. The van der Waals surface area contributed by atoms with Gasteiger partial charge in [0.2, 0.25) is 5.82 Å². The summed E-state index contributed by atoms with van der Waals surface area (Å²) in [7, 11) is 1.80. The minimum Gasteiger partial charge on any atom is -0.374 e. The molecule has 104 valence electrons. The first-order chi connectivity index (χ1) is 9.09. The lowest BCUT2D eigenvalue weighted by atomic mass is 10.2. The van der Waals surface area contributed by atoms with Crippen LogP contribution in [0.15, 0.2) is 12.3 Å². The molecule has 1 saturated heterocycles. The number of aryl methyl sites for hydroxylation is 1. The van der Waals surface area contributed by atoms with Crippen molar-refractivity contribution in [1.29, 1.82) is 0 Å². The third-order valence-corrected chi connectivity index (χ3v) is 3.13. The Kier molecular flexibility index (Phi) is 4.28. The molecule has 0 spiro atoms. The van der Waals surface area contributed by atoms with Crippen LogP contribution in [0.1, 0.15) is 5.56 Å². The second-order valence-electron chi connectivity index (χ2n) is 4.63. The number of nitrogens with zero attached hydrogens (tertiary/aromatic N) is 3. The summed E-state index contributed by atoms with van der Waals surface area (Å²) in [6, 6.07) is 1.65. The van der Waals surface area contributed by atoms with Crippen LogP contribution in [0.5, 0.6) is 0 Å². The van der Waals surface area contributed by atoms with Gasteiger partial charge in [0.1, 0.15) is 0 Å². The maximum atomic E-state index is 11.1. The van der Waals surface area contributed by atoms with E-state index in [1.165, 1.54) is 0 Å². The zero-order valence-corrected chi connectivity index (χ0v) is 11.1. The molecule has 1 N–H and O–H groups in total. The second kappa shape index (κ2) is 5.94. The maximum absolute atomic E-state index is 11.1. The molecule has 1 atom stereocenters. The predicted molar refractivity (Wildman–Crippen MR) is 71.5 cm³/mol. The van der Waals surface area contributed by atoms with E-state index < -0.39 is 0 Å². The van der Waals surface area contributed by atoms with E-state index in [0.29, 0.717) is 24.5 Å². The molecular weight excluding hydrogens is 248 g/mol. The van der Waals surface area contributed by atoms with Gasteiger partial charge in [-0.25, -0.2) is 4.98 Å². The number of nitrogens with one attached hydrogen (secondary N) is 1. The topological polar surface area (TPSA) is 80.5 Å². The highest BCUT2D eigenvalue weighted by molar-refractivity contribution is 5.61. The average molecular weight is 266 g/mol. The molecule has 0 aliphatic carbocycles. The molecule has 1 aromatic heterocycles. The van der Waals surface area contributed by atoms with E-state index in [0.717, 1.165) is 13.1 Å². The fourth-order valence-electron chi connectivity index (χ4n) is 2.17. The highest BCUT2D eigenvalue weighted by atomic mass is 16.6. The molecule has 0 saturated carbocycles. The Balaban J connectivity index is 2.16. The predicted octanol–water partition coefficient (Wildman–Crippen LogP) is 0.723. The van der Waals surface area contributed by atoms with E-state index >= 15 is 0 Å². The Morgan fingerprint density at radius 1 is 1.68 bits per heavy atom. The normalized spacial score (nSPS) is 19.2. The Morgan fingerprint density at radius 2 is 2.47 bits per heavy atom. The molecular formula is C12H18N4O3. The van der Waals surface area contributed by atoms with Crippen molar-refractivity contribution in [2.45, 2.75) is 13.0 Å². The number of morpholine rings is 1. The van der Waals surface area contributed by atoms with Crippen molar-refractivity contribution in [3.8, 4) is 0 Å². The van der Waals surface area contributed by atoms with Gasteiger partial charge in [-0.05, 0) is 13.0 Å². The van der Waals surface area contributed by atoms with Crippen molar-refractivity contribution >= 4 is 11.5 Å². The quantitative estimate of drug-likeness (QED) is 0.639. The molecule has 19 heavy (non-hydrogen) atoms. The SMILES string of the molecule is Cc1ccnc(N(C)CC2CNCCO2)c1[N+](=O)[O-]. The number of hydrogen-bond donors (Lipinski definition) is 1. The fraction of sp³-hybridized carbons (Fsp3) is 0.583. The van der Waals surface area contributed by atoms with Crippen LogP contribution in [0.3, 0.4) is 0 Å². The Hall–Kier alpha value is -1.73. The zero-order valence-electron chi connectivity index (χ0n) is 11.1. The van der Waals surface area contributed by atoms with Gasteiger partial charge in [0, 0.05) is 38.4 Å². The summed E-state index contributed by atoms with van der Waals surface area (Å²) in [5.41, 5.74) is 0.679. The van der Waals surface area contributed by atoms with Crippen LogP contribution in [0.25, 0.3) is 0 Å². The molecule has 0 bridgehead atoms. The molecule has 1 aliphatic heterocycles. The van der Waals surface area contributed by atoms with E-state index in [1.54, 1.807) is 31.1 Å². The first-order valence-corrected chi connectivity index (χ1v) is 6.23. The van der Waals surface area contributed by atoms with Gasteiger partial charge in [0.15, 0.2) is 0 Å². The lowest BCUT2D eigenvalue weighted by Crippen LogP contribution is -2.44. The van der Waals surface area contributed by atoms with Crippen molar-refractivity contribution in [3.63, 3.8) is 0 Å². The van der Waals surface area contributed by atoms with E-state index in [-0.39, 0.29) is 16.7 Å².